The van der Waals surface area contributed by atoms with Gasteiger partial charge in [-0.2, -0.15) is 5.10 Å². The van der Waals surface area contributed by atoms with Gasteiger partial charge in [0.25, 0.3) is 0 Å². The highest BCUT2D eigenvalue weighted by Crippen LogP contribution is 2.29. The van der Waals surface area contributed by atoms with E-state index in [1.165, 1.54) is 18.9 Å². The number of rotatable bonds is 2. The average molecular weight is 288 g/mol. The molecule has 1 aromatic carbocycles. The Morgan fingerprint density at radius 3 is 2.80 bits per heavy atom. The summed E-state index contributed by atoms with van der Waals surface area (Å²) < 4.78 is 6.39. The molecule has 0 saturated heterocycles. The van der Waals surface area contributed by atoms with Crippen LogP contribution in [0.4, 0.5) is 0 Å². The summed E-state index contributed by atoms with van der Waals surface area (Å²) >= 11 is 1.21. The van der Waals surface area contributed by atoms with Gasteiger partial charge in [-0.3, -0.25) is 4.79 Å². The highest BCUT2D eigenvalue weighted by atomic mass is 32.2. The number of aromatic nitrogens is 2. The zero-order valence-corrected chi connectivity index (χ0v) is 11.6. The molecule has 1 aliphatic heterocycles. The number of carbonyl (C=O) groups is 2. The molecule has 0 unspecified atom stereocenters. The number of nitrogens with zero attached hydrogens (tertiary/aromatic N) is 2. The lowest BCUT2D eigenvalue weighted by atomic mass is 10.1. The molecule has 0 atom stereocenters. The average Bonchev–Trinajstić information content (AvgIpc) is 2.88. The first kappa shape index (κ1) is 12.9. The molecule has 0 amide bonds. The fraction of sp³-hybridized carbons (Fsp3) is 0.214. The summed E-state index contributed by atoms with van der Waals surface area (Å²) in [6.07, 6.45) is 0.699. The number of ether oxygens (including phenoxy) is 1. The van der Waals surface area contributed by atoms with E-state index in [2.05, 4.69) is 5.10 Å². The first-order chi connectivity index (χ1) is 9.72. The van der Waals surface area contributed by atoms with Crippen molar-refractivity contribution in [2.75, 3.05) is 12.9 Å². The van der Waals surface area contributed by atoms with Gasteiger partial charge in [-0.15, -0.1) is 0 Å². The maximum absolute atomic E-state index is 12.1. The quantitative estimate of drug-likeness (QED) is 0.792. The van der Waals surface area contributed by atoms with Crippen LogP contribution >= 0.6 is 11.8 Å². The molecule has 0 aliphatic carbocycles. The van der Waals surface area contributed by atoms with E-state index in [0.29, 0.717) is 17.7 Å². The van der Waals surface area contributed by atoms with E-state index in [4.69, 9.17) is 4.74 Å². The van der Waals surface area contributed by atoms with E-state index in [1.807, 2.05) is 30.3 Å². The van der Waals surface area contributed by atoms with Crippen molar-refractivity contribution in [1.82, 2.24) is 9.78 Å². The van der Waals surface area contributed by atoms with Gasteiger partial charge in [0.1, 0.15) is 0 Å². The number of esters is 1. The second-order valence-corrected chi connectivity index (χ2v) is 5.36. The fourth-order valence-corrected chi connectivity index (χ4v) is 3.07. The molecule has 1 aliphatic rings. The van der Waals surface area contributed by atoms with E-state index in [0.717, 1.165) is 11.4 Å². The molecule has 20 heavy (non-hydrogen) atoms. The summed E-state index contributed by atoms with van der Waals surface area (Å²) in [6, 6.07) is 9.46. The van der Waals surface area contributed by atoms with Crippen LogP contribution in [0.5, 0.6) is 0 Å². The van der Waals surface area contributed by atoms with Crippen molar-refractivity contribution in [1.29, 1.82) is 0 Å². The van der Waals surface area contributed by atoms with Crippen LogP contribution in [0.15, 0.2) is 30.3 Å². The molecule has 0 N–H and O–H groups in total. The van der Waals surface area contributed by atoms with Crippen molar-refractivity contribution in [2.45, 2.75) is 6.42 Å². The Labute approximate surface area is 119 Å². The standard InChI is InChI=1S/C14H12N2O3S/c1-19-13(17)12-11-10(7-8-20-14(11)18)16(15-12)9-5-3-2-4-6-9/h2-6H,7-8H2,1H3. The SMILES string of the molecule is COC(=O)c1nn(-c2ccccc2)c2c1C(=O)SCC2. The molecule has 3 rings (SSSR count). The van der Waals surface area contributed by atoms with Crippen molar-refractivity contribution in [3.05, 3.63) is 47.3 Å². The van der Waals surface area contributed by atoms with Crippen molar-refractivity contribution in [2.24, 2.45) is 0 Å². The van der Waals surface area contributed by atoms with Gasteiger partial charge in [0.2, 0.25) is 5.12 Å². The second kappa shape index (κ2) is 5.13. The number of hydrogen-bond donors (Lipinski definition) is 0. The van der Waals surface area contributed by atoms with E-state index in [-0.39, 0.29) is 10.8 Å². The summed E-state index contributed by atoms with van der Waals surface area (Å²) in [5.74, 6) is 0.122. The lowest BCUT2D eigenvalue weighted by Crippen LogP contribution is -2.14. The van der Waals surface area contributed by atoms with Crippen molar-refractivity contribution < 1.29 is 14.3 Å². The van der Waals surface area contributed by atoms with E-state index < -0.39 is 5.97 Å². The number of hydrogen-bond acceptors (Lipinski definition) is 5. The molecular weight excluding hydrogens is 276 g/mol. The summed E-state index contributed by atoms with van der Waals surface area (Å²) in [5.41, 5.74) is 2.10. The van der Waals surface area contributed by atoms with Crippen LogP contribution in [-0.2, 0) is 11.2 Å². The van der Waals surface area contributed by atoms with Crippen molar-refractivity contribution in [3.63, 3.8) is 0 Å². The molecule has 2 aromatic rings. The molecule has 0 fully saturated rings. The minimum atomic E-state index is -0.577. The third-order valence-corrected chi connectivity index (χ3v) is 4.01. The van der Waals surface area contributed by atoms with Crippen LogP contribution in [0, 0.1) is 0 Å². The molecule has 1 aromatic heterocycles. The summed E-state index contributed by atoms with van der Waals surface area (Å²) in [7, 11) is 1.29. The monoisotopic (exact) mass is 288 g/mol. The lowest BCUT2D eigenvalue weighted by Gasteiger charge is -2.12. The van der Waals surface area contributed by atoms with Crippen LogP contribution in [-0.4, -0.2) is 33.7 Å². The largest absolute Gasteiger partial charge is 0.464 e. The van der Waals surface area contributed by atoms with Crippen LogP contribution in [0.1, 0.15) is 26.5 Å². The minimum absolute atomic E-state index is 0.101. The first-order valence-electron chi connectivity index (χ1n) is 6.15. The van der Waals surface area contributed by atoms with Crippen LogP contribution in [0.2, 0.25) is 0 Å². The molecule has 102 valence electrons. The molecule has 2 heterocycles. The Morgan fingerprint density at radius 2 is 2.10 bits per heavy atom. The molecule has 0 bridgehead atoms. The predicted molar refractivity (Wildman–Crippen MR) is 75.4 cm³/mol. The minimum Gasteiger partial charge on any atom is -0.464 e. The highest BCUT2D eigenvalue weighted by Gasteiger charge is 2.31. The highest BCUT2D eigenvalue weighted by molar-refractivity contribution is 8.14. The van der Waals surface area contributed by atoms with Gasteiger partial charge in [0.15, 0.2) is 5.69 Å². The lowest BCUT2D eigenvalue weighted by molar-refractivity contribution is 0.0591. The topological polar surface area (TPSA) is 61.2 Å². The van der Waals surface area contributed by atoms with Gasteiger partial charge in [0, 0.05) is 12.2 Å². The molecule has 5 nitrogen and oxygen atoms in total. The molecule has 6 heteroatoms. The van der Waals surface area contributed by atoms with Gasteiger partial charge >= 0.3 is 5.97 Å². The maximum atomic E-state index is 12.1. The van der Waals surface area contributed by atoms with Crippen LogP contribution < -0.4 is 0 Å². The zero-order chi connectivity index (χ0) is 14.1. The number of fused-ring (bicyclic) bond motifs is 1. The van der Waals surface area contributed by atoms with Gasteiger partial charge in [-0.05, 0) is 12.1 Å². The fourth-order valence-electron chi connectivity index (χ4n) is 2.23. The third kappa shape index (κ3) is 2.02. The van der Waals surface area contributed by atoms with Crippen molar-refractivity contribution >= 4 is 22.8 Å². The smallest absolute Gasteiger partial charge is 0.359 e. The van der Waals surface area contributed by atoms with E-state index in [1.54, 1.807) is 4.68 Å². The Morgan fingerprint density at radius 1 is 1.35 bits per heavy atom. The maximum Gasteiger partial charge on any atom is 0.359 e. The molecule has 0 spiro atoms. The van der Waals surface area contributed by atoms with E-state index >= 15 is 0 Å². The van der Waals surface area contributed by atoms with Crippen LogP contribution in [0.3, 0.4) is 0 Å². The second-order valence-electron chi connectivity index (χ2n) is 4.30. The third-order valence-electron chi connectivity index (χ3n) is 3.14. The Hall–Kier alpha value is -2.08. The number of carbonyl (C=O) groups excluding carboxylic acids is 2. The molecule has 0 radical (unpaired) electrons. The Balaban J connectivity index is 2.22. The van der Waals surface area contributed by atoms with E-state index in [9.17, 15) is 9.59 Å². The number of benzene rings is 1. The Kier molecular flexibility index (Phi) is 3.31. The molecular formula is C14H12N2O3S. The van der Waals surface area contributed by atoms with Gasteiger partial charge in [-0.25, -0.2) is 9.48 Å². The van der Waals surface area contributed by atoms with Gasteiger partial charge < -0.3 is 4.74 Å². The van der Waals surface area contributed by atoms with Gasteiger partial charge in [-0.1, -0.05) is 30.0 Å². The van der Waals surface area contributed by atoms with Crippen LogP contribution in [0.25, 0.3) is 5.69 Å². The normalized spacial score (nSPS) is 13.9. The number of methoxy groups -OCH3 is 1. The van der Waals surface area contributed by atoms with Gasteiger partial charge in [0.05, 0.1) is 24.1 Å². The zero-order valence-electron chi connectivity index (χ0n) is 10.8. The summed E-state index contributed by atoms with van der Waals surface area (Å²) in [4.78, 5) is 23.9. The summed E-state index contributed by atoms with van der Waals surface area (Å²) in [6.45, 7) is 0. The molecule has 0 saturated carbocycles. The van der Waals surface area contributed by atoms with Crippen molar-refractivity contribution in [3.8, 4) is 5.69 Å². The Bertz CT molecular complexity index is 679. The first-order valence-corrected chi connectivity index (χ1v) is 7.13. The number of thioether (sulfide) groups is 1. The number of para-hydroxylation sites is 1. The predicted octanol–water partition coefficient (Wildman–Crippen LogP) is 2.09. The summed E-state index contributed by atoms with van der Waals surface area (Å²) in [5, 5.41) is 4.17.